The Morgan fingerprint density at radius 2 is 2.06 bits per heavy atom. The number of ether oxygens (including phenoxy) is 1. The maximum Gasteiger partial charge on any atom is 0.143 e. The van der Waals surface area contributed by atoms with Crippen LogP contribution in [0.4, 0.5) is 0 Å². The number of nitrogens with zero attached hydrogens (tertiary/aromatic N) is 1. The first-order valence-electron chi connectivity index (χ1n) is 5.93. The number of allylic oxidation sites excluding steroid dienone is 2. The highest BCUT2D eigenvalue weighted by Crippen LogP contribution is 2.44. The molecular formula is C15H10ClNO. The molecule has 0 N–H and O–H groups in total. The maximum absolute atomic E-state index is 6.01. The molecule has 2 atom stereocenters. The van der Waals surface area contributed by atoms with E-state index in [0.29, 0.717) is 5.02 Å². The first-order valence-corrected chi connectivity index (χ1v) is 6.30. The molecule has 0 spiro atoms. The Hall–Kier alpha value is -1.80. The smallest absolute Gasteiger partial charge is 0.143 e. The minimum absolute atomic E-state index is 0.105. The number of pyridine rings is 1. The van der Waals surface area contributed by atoms with Crippen molar-refractivity contribution < 1.29 is 4.74 Å². The molecule has 2 aliphatic rings. The van der Waals surface area contributed by atoms with Crippen molar-refractivity contribution in [2.24, 2.45) is 0 Å². The molecule has 3 heteroatoms. The number of rotatable bonds is 0. The Bertz CT molecular complexity index is 705. The van der Waals surface area contributed by atoms with Crippen LogP contribution in [-0.4, -0.2) is 11.1 Å². The normalized spacial score (nSPS) is 23.8. The standard InChI is InChI=1S/C15H10ClNO/c16-9-5-6-10-12(7-9)17-8-14-15(10)11-3-1-2-4-13(11)18-14/h1-8,11,13H. The van der Waals surface area contributed by atoms with E-state index in [0.717, 1.165) is 16.7 Å². The van der Waals surface area contributed by atoms with Gasteiger partial charge in [0, 0.05) is 21.9 Å². The van der Waals surface area contributed by atoms with Gasteiger partial charge >= 0.3 is 0 Å². The van der Waals surface area contributed by atoms with Crippen LogP contribution < -0.4 is 4.74 Å². The van der Waals surface area contributed by atoms with Gasteiger partial charge in [-0.1, -0.05) is 35.9 Å². The van der Waals surface area contributed by atoms with Crippen molar-refractivity contribution in [3.8, 4) is 5.75 Å². The molecule has 2 heterocycles. The van der Waals surface area contributed by atoms with Crippen molar-refractivity contribution in [1.82, 2.24) is 4.98 Å². The fourth-order valence-corrected chi connectivity index (χ4v) is 2.88. The van der Waals surface area contributed by atoms with Gasteiger partial charge in [-0.3, -0.25) is 4.98 Å². The van der Waals surface area contributed by atoms with Crippen LogP contribution in [0.3, 0.4) is 0 Å². The maximum atomic E-state index is 6.01. The van der Waals surface area contributed by atoms with Gasteiger partial charge in [-0.05, 0) is 18.2 Å². The highest BCUT2D eigenvalue weighted by Gasteiger charge is 2.33. The monoisotopic (exact) mass is 255 g/mol. The second-order valence-corrected chi connectivity index (χ2v) is 5.01. The molecule has 88 valence electrons. The van der Waals surface area contributed by atoms with Crippen molar-refractivity contribution in [2.45, 2.75) is 12.0 Å². The third-order valence-electron chi connectivity index (χ3n) is 3.52. The molecule has 1 aromatic carbocycles. The van der Waals surface area contributed by atoms with Crippen molar-refractivity contribution >= 4 is 22.5 Å². The molecule has 18 heavy (non-hydrogen) atoms. The summed E-state index contributed by atoms with van der Waals surface area (Å²) in [6, 6.07) is 5.83. The molecule has 0 saturated heterocycles. The van der Waals surface area contributed by atoms with Gasteiger partial charge in [0.1, 0.15) is 11.9 Å². The van der Waals surface area contributed by atoms with Crippen LogP contribution in [0, 0.1) is 0 Å². The number of hydrogen-bond acceptors (Lipinski definition) is 2. The van der Waals surface area contributed by atoms with E-state index in [4.69, 9.17) is 16.3 Å². The zero-order chi connectivity index (χ0) is 12.1. The lowest BCUT2D eigenvalue weighted by molar-refractivity contribution is 0.268. The van der Waals surface area contributed by atoms with Gasteiger partial charge in [0.15, 0.2) is 0 Å². The average molecular weight is 256 g/mol. The Morgan fingerprint density at radius 3 is 3.00 bits per heavy atom. The summed E-state index contributed by atoms with van der Waals surface area (Å²) in [7, 11) is 0. The molecule has 4 rings (SSSR count). The van der Waals surface area contributed by atoms with Crippen molar-refractivity contribution in [1.29, 1.82) is 0 Å². The van der Waals surface area contributed by atoms with E-state index in [1.165, 1.54) is 5.56 Å². The Morgan fingerprint density at radius 1 is 1.17 bits per heavy atom. The predicted octanol–water partition coefficient (Wildman–Crippen LogP) is 3.86. The molecule has 2 unspecified atom stereocenters. The van der Waals surface area contributed by atoms with Gasteiger partial charge in [-0.2, -0.15) is 0 Å². The first kappa shape index (κ1) is 10.2. The SMILES string of the molecule is Clc1ccc2c3c(cnc2c1)OC1C=CC=CC31. The van der Waals surface area contributed by atoms with Crippen molar-refractivity contribution in [3.05, 3.63) is 59.3 Å². The molecular weight excluding hydrogens is 246 g/mol. The fraction of sp³-hybridized carbons (Fsp3) is 0.133. The second kappa shape index (κ2) is 3.59. The zero-order valence-corrected chi connectivity index (χ0v) is 10.3. The molecule has 1 aliphatic heterocycles. The quantitative estimate of drug-likeness (QED) is 0.713. The molecule has 1 aromatic heterocycles. The van der Waals surface area contributed by atoms with E-state index in [-0.39, 0.29) is 12.0 Å². The highest BCUT2D eigenvalue weighted by atomic mass is 35.5. The lowest BCUT2D eigenvalue weighted by Gasteiger charge is -2.14. The number of halogens is 1. The van der Waals surface area contributed by atoms with Gasteiger partial charge in [0.2, 0.25) is 0 Å². The van der Waals surface area contributed by atoms with E-state index in [1.807, 2.05) is 24.3 Å². The molecule has 2 aromatic rings. The number of fused-ring (bicyclic) bond motifs is 5. The Labute approximate surface area is 110 Å². The summed E-state index contributed by atoms with van der Waals surface area (Å²) in [5, 5.41) is 1.84. The number of aromatic nitrogens is 1. The van der Waals surface area contributed by atoms with Gasteiger partial charge in [0.25, 0.3) is 0 Å². The molecule has 0 amide bonds. The van der Waals surface area contributed by atoms with Gasteiger partial charge in [0.05, 0.1) is 11.7 Å². The average Bonchev–Trinajstić information content (AvgIpc) is 2.77. The van der Waals surface area contributed by atoms with Crippen LogP contribution in [0.2, 0.25) is 5.02 Å². The summed E-state index contributed by atoms with van der Waals surface area (Å²) < 4.78 is 5.92. The fourth-order valence-electron chi connectivity index (χ4n) is 2.71. The summed E-state index contributed by atoms with van der Waals surface area (Å²) in [4.78, 5) is 4.41. The summed E-state index contributed by atoms with van der Waals surface area (Å²) in [5.74, 6) is 1.17. The molecule has 1 aliphatic carbocycles. The number of hydrogen-bond donors (Lipinski definition) is 0. The van der Waals surface area contributed by atoms with Crippen LogP contribution in [0.1, 0.15) is 11.5 Å². The van der Waals surface area contributed by atoms with Crippen LogP contribution in [0.25, 0.3) is 10.9 Å². The minimum Gasteiger partial charge on any atom is -0.483 e. The summed E-state index contributed by atoms with van der Waals surface area (Å²) in [5.41, 5.74) is 2.15. The summed E-state index contributed by atoms with van der Waals surface area (Å²) in [6.45, 7) is 0. The van der Waals surface area contributed by atoms with Crippen molar-refractivity contribution in [2.75, 3.05) is 0 Å². The van der Waals surface area contributed by atoms with Crippen molar-refractivity contribution in [3.63, 3.8) is 0 Å². The van der Waals surface area contributed by atoms with Crippen LogP contribution in [0.5, 0.6) is 5.75 Å². The zero-order valence-electron chi connectivity index (χ0n) is 9.51. The number of benzene rings is 1. The van der Waals surface area contributed by atoms with Gasteiger partial charge in [-0.15, -0.1) is 0 Å². The van der Waals surface area contributed by atoms with Gasteiger partial charge < -0.3 is 4.74 Å². The van der Waals surface area contributed by atoms with Gasteiger partial charge in [-0.25, -0.2) is 0 Å². The van der Waals surface area contributed by atoms with E-state index in [2.05, 4.69) is 23.2 Å². The Balaban J connectivity index is 2.01. The van der Waals surface area contributed by atoms with Crippen LogP contribution in [-0.2, 0) is 0 Å². The topological polar surface area (TPSA) is 22.1 Å². The Kier molecular flexibility index (Phi) is 2.03. The van der Waals surface area contributed by atoms with Crippen LogP contribution >= 0.6 is 11.6 Å². The van der Waals surface area contributed by atoms with E-state index in [9.17, 15) is 0 Å². The summed E-state index contributed by atoms with van der Waals surface area (Å²) >= 11 is 6.01. The second-order valence-electron chi connectivity index (χ2n) is 4.58. The molecule has 2 nitrogen and oxygen atoms in total. The van der Waals surface area contributed by atoms with E-state index >= 15 is 0 Å². The summed E-state index contributed by atoms with van der Waals surface area (Å²) in [6.07, 6.45) is 10.3. The van der Waals surface area contributed by atoms with E-state index in [1.54, 1.807) is 6.20 Å². The minimum atomic E-state index is 0.105. The largest absolute Gasteiger partial charge is 0.483 e. The molecule has 0 saturated carbocycles. The third kappa shape index (κ3) is 1.33. The molecule has 0 radical (unpaired) electrons. The molecule has 0 fully saturated rings. The predicted molar refractivity (Wildman–Crippen MR) is 72.2 cm³/mol. The van der Waals surface area contributed by atoms with Crippen LogP contribution in [0.15, 0.2) is 48.7 Å². The lowest BCUT2D eigenvalue weighted by Crippen LogP contribution is -2.15. The highest BCUT2D eigenvalue weighted by molar-refractivity contribution is 6.31. The molecule has 0 bridgehead atoms. The third-order valence-corrected chi connectivity index (χ3v) is 3.75. The van der Waals surface area contributed by atoms with E-state index < -0.39 is 0 Å². The first-order chi connectivity index (χ1) is 8.83. The lowest BCUT2D eigenvalue weighted by atomic mass is 9.90.